The van der Waals surface area contributed by atoms with Crippen molar-refractivity contribution in [2.75, 3.05) is 5.32 Å². The first kappa shape index (κ1) is 14.8. The van der Waals surface area contributed by atoms with Gasteiger partial charge in [0.2, 0.25) is 5.91 Å². The molecule has 0 atom stereocenters. The number of nitrogens with two attached hydrogens (primary N) is 1. The van der Waals surface area contributed by atoms with Crippen molar-refractivity contribution in [3.63, 3.8) is 0 Å². The Labute approximate surface area is 132 Å². The van der Waals surface area contributed by atoms with Gasteiger partial charge in [-0.05, 0) is 31.2 Å². The van der Waals surface area contributed by atoms with Crippen LogP contribution in [0.4, 0.5) is 5.69 Å². The lowest BCUT2D eigenvalue weighted by Crippen LogP contribution is -2.22. The molecule has 0 bridgehead atoms. The highest BCUT2D eigenvalue weighted by Crippen LogP contribution is 2.17. The van der Waals surface area contributed by atoms with Crippen molar-refractivity contribution in [3.8, 4) is 0 Å². The highest BCUT2D eigenvalue weighted by Gasteiger charge is 2.13. The maximum atomic E-state index is 12.3. The lowest BCUT2D eigenvalue weighted by Gasteiger charge is -2.10. The van der Waals surface area contributed by atoms with Crippen LogP contribution in [0, 0.1) is 6.92 Å². The summed E-state index contributed by atoms with van der Waals surface area (Å²) in [5.74, 6) is -0.0698. The van der Waals surface area contributed by atoms with Gasteiger partial charge in [-0.2, -0.15) is 0 Å². The molecule has 1 heterocycles. The highest BCUT2D eigenvalue weighted by molar-refractivity contribution is 6.03. The number of carbonyl (C=O) groups is 2. The third-order valence-electron chi connectivity index (χ3n) is 3.61. The van der Waals surface area contributed by atoms with Gasteiger partial charge in [-0.25, -0.2) is 4.98 Å². The average molecular weight is 308 g/mol. The molecule has 0 unspecified atom stereocenters. The summed E-state index contributed by atoms with van der Waals surface area (Å²) in [6.07, 6.45) is 0. The summed E-state index contributed by atoms with van der Waals surface area (Å²) in [4.78, 5) is 28.2. The molecule has 1 aromatic heterocycles. The fourth-order valence-electron chi connectivity index (χ4n) is 2.54. The molecule has 23 heavy (non-hydrogen) atoms. The van der Waals surface area contributed by atoms with Crippen LogP contribution in [0.2, 0.25) is 0 Å². The average Bonchev–Trinajstić information content (AvgIpc) is 2.83. The number of nitrogens with one attached hydrogen (secondary N) is 1. The summed E-state index contributed by atoms with van der Waals surface area (Å²) >= 11 is 0. The summed E-state index contributed by atoms with van der Waals surface area (Å²) in [6.45, 7) is 1.96. The van der Waals surface area contributed by atoms with Crippen LogP contribution < -0.4 is 11.1 Å². The monoisotopic (exact) mass is 308 g/mol. The Morgan fingerprint density at radius 3 is 2.61 bits per heavy atom. The lowest BCUT2D eigenvalue weighted by atomic mass is 10.1. The van der Waals surface area contributed by atoms with Crippen LogP contribution in [0.3, 0.4) is 0 Å². The molecule has 0 spiro atoms. The van der Waals surface area contributed by atoms with Crippen molar-refractivity contribution in [1.82, 2.24) is 9.55 Å². The third-order valence-corrected chi connectivity index (χ3v) is 3.61. The Morgan fingerprint density at radius 1 is 1.13 bits per heavy atom. The van der Waals surface area contributed by atoms with Crippen LogP contribution in [0.1, 0.15) is 16.2 Å². The smallest absolute Gasteiger partial charge is 0.250 e. The Balaban J connectivity index is 1.85. The van der Waals surface area contributed by atoms with E-state index in [9.17, 15) is 9.59 Å². The van der Waals surface area contributed by atoms with Crippen molar-refractivity contribution in [1.29, 1.82) is 0 Å². The topological polar surface area (TPSA) is 90.0 Å². The summed E-state index contributed by atoms with van der Waals surface area (Å²) < 4.78 is 1.83. The van der Waals surface area contributed by atoms with Gasteiger partial charge in [0.15, 0.2) is 0 Å². The van der Waals surface area contributed by atoms with Crippen LogP contribution in [0.25, 0.3) is 11.0 Å². The van der Waals surface area contributed by atoms with E-state index in [-0.39, 0.29) is 18.0 Å². The van der Waals surface area contributed by atoms with Crippen molar-refractivity contribution >= 4 is 28.5 Å². The third kappa shape index (κ3) is 2.91. The molecule has 0 aliphatic heterocycles. The van der Waals surface area contributed by atoms with Gasteiger partial charge in [-0.3, -0.25) is 9.59 Å². The van der Waals surface area contributed by atoms with Crippen molar-refractivity contribution in [2.24, 2.45) is 5.73 Å². The minimum Gasteiger partial charge on any atom is -0.366 e. The SMILES string of the molecule is Cc1nc2ccccc2n1CC(=O)Nc1ccccc1C(N)=O. The van der Waals surface area contributed by atoms with Crippen molar-refractivity contribution < 1.29 is 9.59 Å². The second kappa shape index (κ2) is 5.92. The minimum atomic E-state index is -0.579. The molecule has 0 saturated heterocycles. The fraction of sp³-hybridized carbons (Fsp3) is 0.118. The first-order valence-electron chi connectivity index (χ1n) is 7.17. The number of carbonyl (C=O) groups excluding carboxylic acids is 2. The number of hydrogen-bond donors (Lipinski definition) is 2. The molecule has 0 fully saturated rings. The molecule has 0 aliphatic carbocycles. The first-order chi connectivity index (χ1) is 11.1. The van der Waals surface area contributed by atoms with Crippen LogP contribution >= 0.6 is 0 Å². The Kier molecular flexibility index (Phi) is 3.80. The van der Waals surface area contributed by atoms with Gasteiger partial charge >= 0.3 is 0 Å². The van der Waals surface area contributed by atoms with Gasteiger partial charge in [0.05, 0.1) is 22.3 Å². The van der Waals surface area contributed by atoms with E-state index in [0.29, 0.717) is 5.69 Å². The van der Waals surface area contributed by atoms with Gasteiger partial charge in [-0.1, -0.05) is 24.3 Å². The molecule has 0 saturated carbocycles. The normalized spacial score (nSPS) is 10.7. The highest BCUT2D eigenvalue weighted by atomic mass is 16.2. The molecule has 0 radical (unpaired) electrons. The van der Waals surface area contributed by atoms with Crippen LogP contribution in [-0.2, 0) is 11.3 Å². The van der Waals surface area contributed by atoms with E-state index in [1.807, 2.05) is 35.8 Å². The number of anilines is 1. The number of amides is 2. The Hall–Kier alpha value is -3.15. The number of primary amides is 1. The number of para-hydroxylation sites is 3. The second-order valence-electron chi connectivity index (χ2n) is 5.19. The van der Waals surface area contributed by atoms with E-state index in [4.69, 9.17) is 5.73 Å². The summed E-state index contributed by atoms with van der Waals surface area (Å²) in [7, 11) is 0. The number of hydrogen-bond acceptors (Lipinski definition) is 3. The minimum absolute atomic E-state index is 0.111. The molecule has 2 amide bonds. The van der Waals surface area contributed by atoms with Gasteiger partial charge in [0.1, 0.15) is 12.4 Å². The van der Waals surface area contributed by atoms with Crippen molar-refractivity contribution in [2.45, 2.75) is 13.5 Å². The van der Waals surface area contributed by atoms with Crippen LogP contribution in [0.15, 0.2) is 48.5 Å². The number of rotatable bonds is 4. The molecule has 6 nitrogen and oxygen atoms in total. The number of benzene rings is 2. The predicted molar refractivity (Wildman–Crippen MR) is 88.1 cm³/mol. The number of aryl methyl sites for hydroxylation is 1. The number of fused-ring (bicyclic) bond motifs is 1. The van der Waals surface area contributed by atoms with Gasteiger partial charge in [0.25, 0.3) is 5.91 Å². The summed E-state index contributed by atoms with van der Waals surface area (Å²) in [5, 5.41) is 2.73. The summed E-state index contributed by atoms with van der Waals surface area (Å²) in [5.41, 5.74) is 7.75. The van der Waals surface area contributed by atoms with E-state index >= 15 is 0 Å². The van der Waals surface area contributed by atoms with Crippen LogP contribution in [-0.4, -0.2) is 21.4 Å². The molecule has 3 N–H and O–H groups in total. The standard InChI is InChI=1S/C17H16N4O2/c1-11-19-14-8-4-5-9-15(14)21(11)10-16(22)20-13-7-3-2-6-12(13)17(18)23/h2-9H,10H2,1H3,(H2,18,23)(H,20,22). The fourth-order valence-corrected chi connectivity index (χ4v) is 2.54. The first-order valence-corrected chi connectivity index (χ1v) is 7.17. The van der Waals surface area contributed by atoms with E-state index < -0.39 is 5.91 Å². The Morgan fingerprint density at radius 2 is 1.83 bits per heavy atom. The van der Waals surface area contributed by atoms with Crippen LogP contribution in [0.5, 0.6) is 0 Å². The summed E-state index contributed by atoms with van der Waals surface area (Å²) in [6, 6.07) is 14.3. The molecule has 6 heteroatoms. The number of nitrogens with zero attached hydrogens (tertiary/aromatic N) is 2. The maximum Gasteiger partial charge on any atom is 0.250 e. The van der Waals surface area contributed by atoms with Gasteiger partial charge in [0, 0.05) is 0 Å². The quantitative estimate of drug-likeness (QED) is 0.773. The zero-order chi connectivity index (χ0) is 16.4. The van der Waals surface area contributed by atoms with E-state index in [1.54, 1.807) is 24.3 Å². The van der Waals surface area contributed by atoms with Gasteiger partial charge < -0.3 is 15.6 Å². The lowest BCUT2D eigenvalue weighted by molar-refractivity contribution is -0.116. The van der Waals surface area contributed by atoms with E-state index in [2.05, 4.69) is 10.3 Å². The zero-order valence-corrected chi connectivity index (χ0v) is 12.6. The van der Waals surface area contributed by atoms with E-state index in [0.717, 1.165) is 16.9 Å². The van der Waals surface area contributed by atoms with E-state index in [1.165, 1.54) is 0 Å². The molecule has 116 valence electrons. The molecule has 3 aromatic rings. The molecule has 2 aromatic carbocycles. The predicted octanol–water partition coefficient (Wildman–Crippen LogP) is 2.08. The maximum absolute atomic E-state index is 12.3. The van der Waals surface area contributed by atoms with Gasteiger partial charge in [-0.15, -0.1) is 0 Å². The zero-order valence-electron chi connectivity index (χ0n) is 12.6. The largest absolute Gasteiger partial charge is 0.366 e. The molecule has 0 aliphatic rings. The molecule has 3 rings (SSSR count). The molecular formula is C17H16N4O2. The number of aromatic nitrogens is 2. The number of imidazole rings is 1. The van der Waals surface area contributed by atoms with Crippen molar-refractivity contribution in [3.05, 3.63) is 59.9 Å². The molecular weight excluding hydrogens is 292 g/mol. The Bertz CT molecular complexity index is 898. The second-order valence-corrected chi connectivity index (χ2v) is 5.19.